The monoisotopic (exact) mass is 305 g/mol. The zero-order chi connectivity index (χ0) is 16.5. The van der Waals surface area contributed by atoms with E-state index < -0.39 is 16.8 Å². The van der Waals surface area contributed by atoms with Gasteiger partial charge in [-0.05, 0) is 44.9 Å². The summed E-state index contributed by atoms with van der Waals surface area (Å²) < 4.78 is 5.14. The Morgan fingerprint density at radius 3 is 2.32 bits per heavy atom. The number of carbonyl (C=O) groups is 2. The molecule has 1 aliphatic heterocycles. The van der Waals surface area contributed by atoms with Crippen LogP contribution in [0.3, 0.4) is 0 Å². The van der Waals surface area contributed by atoms with Crippen LogP contribution in [0.4, 0.5) is 0 Å². The molecule has 1 fully saturated rings. The molecule has 1 N–H and O–H groups in total. The maximum absolute atomic E-state index is 12.8. The van der Waals surface area contributed by atoms with Crippen molar-refractivity contribution in [1.82, 2.24) is 4.90 Å². The van der Waals surface area contributed by atoms with Crippen molar-refractivity contribution in [3.63, 3.8) is 0 Å². The van der Waals surface area contributed by atoms with Gasteiger partial charge in [0.1, 0.15) is 5.75 Å². The lowest BCUT2D eigenvalue weighted by molar-refractivity contribution is -0.147. The molecule has 120 valence electrons. The number of amides is 1. The lowest BCUT2D eigenvalue weighted by Gasteiger charge is -2.30. The summed E-state index contributed by atoms with van der Waals surface area (Å²) in [4.78, 5) is 25.8. The minimum atomic E-state index is -0.843. The van der Waals surface area contributed by atoms with Gasteiger partial charge in [0.25, 0.3) is 0 Å². The predicted molar refractivity (Wildman–Crippen MR) is 83.0 cm³/mol. The van der Waals surface area contributed by atoms with Crippen LogP contribution in [0.2, 0.25) is 0 Å². The second kappa shape index (κ2) is 5.63. The summed E-state index contributed by atoms with van der Waals surface area (Å²) in [6, 6.07) is 7.41. The Balaban J connectivity index is 2.18. The number of rotatable bonds is 4. The van der Waals surface area contributed by atoms with Gasteiger partial charge in [-0.2, -0.15) is 0 Å². The van der Waals surface area contributed by atoms with E-state index in [2.05, 4.69) is 0 Å². The molecule has 0 bridgehead atoms. The number of benzene rings is 1. The first kappa shape index (κ1) is 16.3. The molecule has 1 saturated heterocycles. The summed E-state index contributed by atoms with van der Waals surface area (Å²) in [6.45, 7) is 6.19. The van der Waals surface area contributed by atoms with Gasteiger partial charge in [-0.1, -0.05) is 12.1 Å². The second-order valence-electron chi connectivity index (χ2n) is 6.70. The minimum absolute atomic E-state index is 0.0392. The number of carboxylic acids is 1. The Hall–Kier alpha value is -2.04. The van der Waals surface area contributed by atoms with Crippen LogP contribution >= 0.6 is 0 Å². The number of nitrogens with zero attached hydrogens (tertiary/aromatic N) is 1. The number of aliphatic carboxylic acids is 1. The van der Waals surface area contributed by atoms with E-state index in [0.29, 0.717) is 13.0 Å². The molecular weight excluding hydrogens is 282 g/mol. The molecule has 1 aromatic carbocycles. The molecule has 1 amide bonds. The standard InChI is InChI=1S/C17H23NO4/c1-16(2,12-5-7-13(22-4)8-6-12)14(19)18-10-9-17(3,11-18)15(20)21/h5-8H,9-11H2,1-4H3,(H,20,21)/t17-/m1/s1. The van der Waals surface area contributed by atoms with Gasteiger partial charge >= 0.3 is 5.97 Å². The zero-order valence-corrected chi connectivity index (χ0v) is 13.5. The van der Waals surface area contributed by atoms with Crippen molar-refractivity contribution in [2.45, 2.75) is 32.6 Å². The van der Waals surface area contributed by atoms with E-state index in [1.807, 2.05) is 38.1 Å². The van der Waals surface area contributed by atoms with E-state index in [1.54, 1.807) is 18.9 Å². The highest BCUT2D eigenvalue weighted by Crippen LogP contribution is 2.34. The van der Waals surface area contributed by atoms with Crippen LogP contribution < -0.4 is 4.74 Å². The van der Waals surface area contributed by atoms with Gasteiger partial charge < -0.3 is 14.7 Å². The molecule has 0 unspecified atom stereocenters. The molecule has 1 atom stereocenters. The molecule has 22 heavy (non-hydrogen) atoms. The van der Waals surface area contributed by atoms with Crippen LogP contribution in [0.1, 0.15) is 32.8 Å². The van der Waals surface area contributed by atoms with Gasteiger partial charge in [0.05, 0.1) is 17.9 Å². The molecule has 1 heterocycles. The lowest BCUT2D eigenvalue weighted by Crippen LogP contribution is -2.44. The Morgan fingerprint density at radius 1 is 1.27 bits per heavy atom. The first-order chi connectivity index (χ1) is 10.2. The number of hydrogen-bond donors (Lipinski definition) is 1. The number of carboxylic acid groups (broad SMARTS) is 1. The average Bonchev–Trinajstić information content (AvgIpc) is 2.90. The summed E-state index contributed by atoms with van der Waals surface area (Å²) in [7, 11) is 1.60. The quantitative estimate of drug-likeness (QED) is 0.927. The minimum Gasteiger partial charge on any atom is -0.497 e. The summed E-state index contributed by atoms with van der Waals surface area (Å²) in [6.07, 6.45) is 0.493. The molecule has 0 aliphatic carbocycles. The third-order valence-corrected chi connectivity index (χ3v) is 4.62. The molecule has 2 rings (SSSR count). The Bertz CT molecular complexity index is 579. The Kier molecular flexibility index (Phi) is 4.18. The third-order valence-electron chi connectivity index (χ3n) is 4.62. The smallest absolute Gasteiger partial charge is 0.311 e. The van der Waals surface area contributed by atoms with E-state index in [0.717, 1.165) is 11.3 Å². The van der Waals surface area contributed by atoms with Crippen LogP contribution in [0, 0.1) is 5.41 Å². The summed E-state index contributed by atoms with van der Waals surface area (Å²) in [5, 5.41) is 9.30. The van der Waals surface area contributed by atoms with Gasteiger partial charge in [0, 0.05) is 13.1 Å². The van der Waals surface area contributed by atoms with Crippen molar-refractivity contribution in [2.24, 2.45) is 5.41 Å². The highest BCUT2D eigenvalue weighted by Gasteiger charge is 2.45. The summed E-state index contributed by atoms with van der Waals surface area (Å²) >= 11 is 0. The molecule has 5 nitrogen and oxygen atoms in total. The van der Waals surface area contributed by atoms with Gasteiger partial charge in [-0.25, -0.2) is 0 Å². The SMILES string of the molecule is COc1ccc(C(C)(C)C(=O)N2CC[C@@](C)(C(=O)O)C2)cc1. The van der Waals surface area contributed by atoms with Crippen molar-refractivity contribution in [3.05, 3.63) is 29.8 Å². The van der Waals surface area contributed by atoms with E-state index in [4.69, 9.17) is 4.74 Å². The summed E-state index contributed by atoms with van der Waals surface area (Å²) in [5.41, 5.74) is -0.649. The van der Waals surface area contributed by atoms with Gasteiger partial charge in [-0.3, -0.25) is 9.59 Å². The largest absolute Gasteiger partial charge is 0.497 e. The topological polar surface area (TPSA) is 66.8 Å². The molecule has 1 aliphatic rings. The number of methoxy groups -OCH3 is 1. The fraction of sp³-hybridized carbons (Fsp3) is 0.529. The molecule has 1 aromatic rings. The molecular formula is C17H23NO4. The van der Waals surface area contributed by atoms with Crippen LogP contribution in [0.5, 0.6) is 5.75 Å². The second-order valence-corrected chi connectivity index (χ2v) is 6.70. The molecule has 0 radical (unpaired) electrons. The van der Waals surface area contributed by atoms with Gasteiger partial charge in [-0.15, -0.1) is 0 Å². The van der Waals surface area contributed by atoms with Crippen molar-refractivity contribution >= 4 is 11.9 Å². The van der Waals surface area contributed by atoms with E-state index in [9.17, 15) is 14.7 Å². The van der Waals surface area contributed by atoms with E-state index in [-0.39, 0.29) is 12.5 Å². The van der Waals surface area contributed by atoms with E-state index >= 15 is 0 Å². The lowest BCUT2D eigenvalue weighted by atomic mass is 9.83. The maximum atomic E-state index is 12.8. The molecule has 0 aromatic heterocycles. The van der Waals surface area contributed by atoms with E-state index in [1.165, 1.54) is 0 Å². The fourth-order valence-corrected chi connectivity index (χ4v) is 2.84. The number of ether oxygens (including phenoxy) is 1. The highest BCUT2D eigenvalue weighted by molar-refractivity contribution is 5.88. The number of carbonyl (C=O) groups excluding carboxylic acids is 1. The fourth-order valence-electron chi connectivity index (χ4n) is 2.84. The molecule has 0 spiro atoms. The third kappa shape index (κ3) is 2.80. The highest BCUT2D eigenvalue weighted by atomic mass is 16.5. The average molecular weight is 305 g/mol. The first-order valence-electron chi connectivity index (χ1n) is 7.38. The Morgan fingerprint density at radius 2 is 1.86 bits per heavy atom. The van der Waals surface area contributed by atoms with Gasteiger partial charge in [0.2, 0.25) is 5.91 Å². The molecule has 0 saturated carbocycles. The number of hydrogen-bond acceptors (Lipinski definition) is 3. The Labute approximate surface area is 130 Å². The van der Waals surface area contributed by atoms with Crippen LogP contribution in [-0.2, 0) is 15.0 Å². The van der Waals surface area contributed by atoms with Crippen molar-refractivity contribution in [2.75, 3.05) is 20.2 Å². The van der Waals surface area contributed by atoms with Crippen LogP contribution in [-0.4, -0.2) is 42.1 Å². The van der Waals surface area contributed by atoms with Crippen LogP contribution in [0.25, 0.3) is 0 Å². The van der Waals surface area contributed by atoms with Crippen molar-refractivity contribution in [3.8, 4) is 5.75 Å². The molecule has 5 heteroatoms. The predicted octanol–water partition coefficient (Wildman–Crippen LogP) is 2.30. The van der Waals surface area contributed by atoms with Crippen LogP contribution in [0.15, 0.2) is 24.3 Å². The van der Waals surface area contributed by atoms with Gasteiger partial charge in [0.15, 0.2) is 0 Å². The van der Waals surface area contributed by atoms with Crippen molar-refractivity contribution < 1.29 is 19.4 Å². The maximum Gasteiger partial charge on any atom is 0.311 e. The zero-order valence-electron chi connectivity index (χ0n) is 13.5. The normalized spacial score (nSPS) is 21.7. The number of likely N-dealkylation sites (tertiary alicyclic amines) is 1. The summed E-state index contributed by atoms with van der Waals surface area (Å²) in [5.74, 6) is -0.140. The van der Waals surface area contributed by atoms with Crippen molar-refractivity contribution in [1.29, 1.82) is 0 Å². The first-order valence-corrected chi connectivity index (χ1v) is 7.38.